The number of hydrogen-bond acceptors (Lipinski definition) is 3. The van der Waals surface area contributed by atoms with Crippen LogP contribution in [0, 0.1) is 5.92 Å². The number of rotatable bonds is 6. The van der Waals surface area contributed by atoms with Crippen molar-refractivity contribution in [3.8, 4) is 0 Å². The van der Waals surface area contributed by atoms with Crippen molar-refractivity contribution in [1.82, 2.24) is 0 Å². The van der Waals surface area contributed by atoms with Gasteiger partial charge in [-0.2, -0.15) is 0 Å². The van der Waals surface area contributed by atoms with Crippen LogP contribution < -0.4 is 11.1 Å². The molecule has 0 spiro atoms. The molecule has 0 saturated heterocycles. The molecule has 4 heteroatoms. The van der Waals surface area contributed by atoms with Crippen LogP contribution in [0.15, 0.2) is 24.3 Å². The van der Waals surface area contributed by atoms with Gasteiger partial charge in [0.2, 0.25) is 5.91 Å². The highest BCUT2D eigenvalue weighted by Gasteiger charge is 2.15. The summed E-state index contributed by atoms with van der Waals surface area (Å²) in [4.78, 5) is 11.7. The van der Waals surface area contributed by atoms with E-state index < -0.39 is 0 Å². The molecule has 1 aliphatic carbocycles. The first-order valence-corrected chi connectivity index (χ1v) is 6.94. The number of anilines is 1. The Morgan fingerprint density at radius 2 is 2.16 bits per heavy atom. The minimum Gasteiger partial charge on any atom is -0.371 e. The summed E-state index contributed by atoms with van der Waals surface area (Å²) in [5, 5.41) is 2.82. The maximum atomic E-state index is 11.7. The van der Waals surface area contributed by atoms with Gasteiger partial charge >= 0.3 is 0 Å². The normalized spacial score (nSPS) is 15.6. The Balaban J connectivity index is 1.70. The van der Waals surface area contributed by atoms with Gasteiger partial charge in [-0.25, -0.2) is 0 Å². The topological polar surface area (TPSA) is 64.3 Å². The number of carbonyl (C=O) groups excluding carboxylic acids is 1. The highest BCUT2D eigenvalue weighted by molar-refractivity contribution is 5.91. The minimum atomic E-state index is -0.104. The molecule has 3 N–H and O–H groups in total. The second-order valence-electron chi connectivity index (χ2n) is 5.12. The summed E-state index contributed by atoms with van der Waals surface area (Å²) in [5.74, 6) is 0.542. The predicted octanol–water partition coefficient (Wildman–Crippen LogP) is 2.29. The molecule has 1 aliphatic rings. The average molecular weight is 262 g/mol. The molecule has 19 heavy (non-hydrogen) atoms. The van der Waals surface area contributed by atoms with Gasteiger partial charge in [-0.05, 0) is 36.5 Å². The van der Waals surface area contributed by atoms with Crippen molar-refractivity contribution in [2.24, 2.45) is 11.7 Å². The molecule has 1 amide bonds. The number of ether oxygens (including phenoxy) is 1. The van der Waals surface area contributed by atoms with Gasteiger partial charge < -0.3 is 15.8 Å². The van der Waals surface area contributed by atoms with Crippen molar-refractivity contribution >= 4 is 11.6 Å². The third-order valence-electron chi connectivity index (χ3n) is 3.51. The Labute approximate surface area is 114 Å². The maximum Gasteiger partial charge on any atom is 0.250 e. The third-order valence-corrected chi connectivity index (χ3v) is 3.51. The Morgan fingerprint density at radius 1 is 1.37 bits per heavy atom. The number of amides is 1. The average Bonchev–Trinajstić information content (AvgIpc) is 2.92. The second kappa shape index (κ2) is 7.26. The van der Waals surface area contributed by atoms with Gasteiger partial charge in [0.15, 0.2) is 0 Å². The van der Waals surface area contributed by atoms with Crippen LogP contribution in [0.4, 0.5) is 5.69 Å². The summed E-state index contributed by atoms with van der Waals surface area (Å²) < 4.78 is 5.47. The molecule has 1 aromatic carbocycles. The molecular weight excluding hydrogens is 240 g/mol. The number of benzene rings is 1. The van der Waals surface area contributed by atoms with E-state index >= 15 is 0 Å². The largest absolute Gasteiger partial charge is 0.371 e. The molecular formula is C15H22N2O2. The fourth-order valence-corrected chi connectivity index (χ4v) is 2.47. The highest BCUT2D eigenvalue weighted by atomic mass is 16.5. The van der Waals surface area contributed by atoms with Crippen LogP contribution in [-0.2, 0) is 16.1 Å². The van der Waals surface area contributed by atoms with Crippen LogP contribution in [0.5, 0.6) is 0 Å². The first-order chi connectivity index (χ1) is 9.28. The van der Waals surface area contributed by atoms with Crippen molar-refractivity contribution in [3.05, 3.63) is 29.8 Å². The van der Waals surface area contributed by atoms with Gasteiger partial charge in [-0.3, -0.25) is 4.79 Å². The smallest absolute Gasteiger partial charge is 0.250 e. The Kier molecular flexibility index (Phi) is 5.36. The second-order valence-corrected chi connectivity index (χ2v) is 5.12. The summed E-state index contributed by atoms with van der Waals surface area (Å²) in [6, 6.07) is 7.56. The lowest BCUT2D eigenvalue weighted by Crippen LogP contribution is -2.20. The molecule has 0 aromatic heterocycles. The van der Waals surface area contributed by atoms with Crippen molar-refractivity contribution in [2.45, 2.75) is 32.2 Å². The van der Waals surface area contributed by atoms with Crippen molar-refractivity contribution < 1.29 is 9.53 Å². The Hall–Kier alpha value is -1.39. The van der Waals surface area contributed by atoms with Crippen molar-refractivity contribution in [1.29, 1.82) is 0 Å². The zero-order chi connectivity index (χ0) is 13.5. The first kappa shape index (κ1) is 14.0. The van der Waals surface area contributed by atoms with E-state index in [0.29, 0.717) is 19.1 Å². The zero-order valence-corrected chi connectivity index (χ0v) is 11.2. The van der Waals surface area contributed by atoms with E-state index in [-0.39, 0.29) is 12.5 Å². The molecule has 1 saturated carbocycles. The fraction of sp³-hybridized carbons (Fsp3) is 0.533. The van der Waals surface area contributed by atoms with Gasteiger partial charge in [-0.15, -0.1) is 0 Å². The molecule has 0 radical (unpaired) electrons. The SMILES string of the molecule is NCc1cccc(NC(=O)COCC2CCCC2)c1. The number of carbonyl (C=O) groups is 1. The number of hydrogen-bond donors (Lipinski definition) is 2. The molecule has 0 unspecified atom stereocenters. The van der Waals surface area contributed by atoms with Gasteiger partial charge in [-0.1, -0.05) is 25.0 Å². The molecule has 0 bridgehead atoms. The lowest BCUT2D eigenvalue weighted by molar-refractivity contribution is -0.121. The quantitative estimate of drug-likeness (QED) is 0.826. The maximum absolute atomic E-state index is 11.7. The molecule has 0 aliphatic heterocycles. The lowest BCUT2D eigenvalue weighted by atomic mass is 10.1. The van der Waals surface area contributed by atoms with Crippen LogP contribution in [0.1, 0.15) is 31.2 Å². The standard InChI is InChI=1S/C15H22N2O2/c16-9-13-6-3-7-14(8-13)17-15(18)11-19-10-12-4-1-2-5-12/h3,6-8,12H,1-2,4-5,9-11,16H2,(H,17,18). The van der Waals surface area contributed by atoms with E-state index in [4.69, 9.17) is 10.5 Å². The summed E-state index contributed by atoms with van der Waals surface area (Å²) in [7, 11) is 0. The van der Waals surface area contributed by atoms with Gasteiger partial charge in [0.05, 0.1) is 6.61 Å². The summed E-state index contributed by atoms with van der Waals surface area (Å²) >= 11 is 0. The minimum absolute atomic E-state index is 0.104. The van der Waals surface area contributed by atoms with Crippen molar-refractivity contribution in [3.63, 3.8) is 0 Å². The van der Waals surface area contributed by atoms with E-state index in [0.717, 1.165) is 11.3 Å². The van der Waals surface area contributed by atoms with Crippen LogP contribution >= 0.6 is 0 Å². The summed E-state index contributed by atoms with van der Waals surface area (Å²) in [6.07, 6.45) is 5.07. The summed E-state index contributed by atoms with van der Waals surface area (Å²) in [6.45, 7) is 1.31. The van der Waals surface area contributed by atoms with Gasteiger partial charge in [0.1, 0.15) is 6.61 Å². The predicted molar refractivity (Wildman–Crippen MR) is 75.7 cm³/mol. The third kappa shape index (κ3) is 4.65. The fourth-order valence-electron chi connectivity index (χ4n) is 2.47. The van der Waals surface area contributed by atoms with E-state index in [1.165, 1.54) is 25.7 Å². The molecule has 2 rings (SSSR count). The van der Waals surface area contributed by atoms with E-state index in [1.54, 1.807) is 0 Å². The highest BCUT2D eigenvalue weighted by Crippen LogP contribution is 2.24. The Morgan fingerprint density at radius 3 is 2.89 bits per heavy atom. The van der Waals surface area contributed by atoms with E-state index in [2.05, 4.69) is 5.32 Å². The molecule has 104 valence electrons. The van der Waals surface area contributed by atoms with Crippen molar-refractivity contribution in [2.75, 3.05) is 18.5 Å². The summed E-state index contributed by atoms with van der Waals surface area (Å²) in [5.41, 5.74) is 7.34. The molecule has 1 fully saturated rings. The number of nitrogens with two attached hydrogens (primary N) is 1. The molecule has 4 nitrogen and oxygen atoms in total. The lowest BCUT2D eigenvalue weighted by Gasteiger charge is -2.10. The van der Waals surface area contributed by atoms with Crippen LogP contribution in [0.2, 0.25) is 0 Å². The Bertz CT molecular complexity index is 414. The molecule has 0 atom stereocenters. The zero-order valence-electron chi connectivity index (χ0n) is 11.2. The monoisotopic (exact) mass is 262 g/mol. The van der Waals surface area contributed by atoms with Crippen LogP contribution in [-0.4, -0.2) is 19.1 Å². The van der Waals surface area contributed by atoms with Gasteiger partial charge in [0.25, 0.3) is 0 Å². The number of nitrogens with one attached hydrogen (secondary N) is 1. The van der Waals surface area contributed by atoms with Gasteiger partial charge in [0, 0.05) is 12.2 Å². The van der Waals surface area contributed by atoms with Crippen LogP contribution in [0.3, 0.4) is 0 Å². The molecule has 1 aromatic rings. The first-order valence-electron chi connectivity index (χ1n) is 6.94. The van der Waals surface area contributed by atoms with E-state index in [9.17, 15) is 4.79 Å². The molecule has 0 heterocycles. The van der Waals surface area contributed by atoms with E-state index in [1.807, 2.05) is 24.3 Å². The van der Waals surface area contributed by atoms with Crippen LogP contribution in [0.25, 0.3) is 0 Å².